The number of aliphatic carboxylic acids is 1. The van der Waals surface area contributed by atoms with Gasteiger partial charge in [-0.25, -0.2) is 14.8 Å². The van der Waals surface area contributed by atoms with Crippen LogP contribution < -0.4 is 10.2 Å². The lowest BCUT2D eigenvalue weighted by atomic mass is 10.0. The quantitative estimate of drug-likeness (QED) is 0.822. The summed E-state index contributed by atoms with van der Waals surface area (Å²) in [5.41, 5.74) is 0.201. The summed E-state index contributed by atoms with van der Waals surface area (Å²) in [6, 6.07) is 0.598. The van der Waals surface area contributed by atoms with Gasteiger partial charge in [0.05, 0.1) is 0 Å². The molecule has 7 heteroatoms. The summed E-state index contributed by atoms with van der Waals surface area (Å²) in [5.74, 6) is -0.806. The van der Waals surface area contributed by atoms with E-state index < -0.39 is 17.9 Å². The fourth-order valence-corrected chi connectivity index (χ4v) is 2.47. The zero-order valence-corrected chi connectivity index (χ0v) is 13.0. The highest BCUT2D eigenvalue weighted by molar-refractivity contribution is 5.95. The van der Waals surface area contributed by atoms with Crippen LogP contribution in [0.25, 0.3) is 0 Å². The van der Waals surface area contributed by atoms with Gasteiger partial charge in [-0.15, -0.1) is 0 Å². The Morgan fingerprint density at radius 1 is 1.36 bits per heavy atom. The molecule has 1 unspecified atom stereocenters. The van der Waals surface area contributed by atoms with Gasteiger partial charge in [0.25, 0.3) is 5.91 Å². The minimum Gasteiger partial charge on any atom is -0.480 e. The van der Waals surface area contributed by atoms with Gasteiger partial charge in [0.1, 0.15) is 11.7 Å². The third-order valence-corrected chi connectivity index (χ3v) is 3.57. The van der Waals surface area contributed by atoms with E-state index in [2.05, 4.69) is 15.3 Å². The molecule has 1 fully saturated rings. The number of amides is 1. The van der Waals surface area contributed by atoms with Crippen LogP contribution in [0, 0.1) is 5.92 Å². The molecule has 1 aliphatic heterocycles. The first-order valence-electron chi connectivity index (χ1n) is 7.59. The van der Waals surface area contributed by atoms with E-state index in [4.69, 9.17) is 0 Å². The Kier molecular flexibility index (Phi) is 5.30. The fraction of sp³-hybridized carbons (Fsp3) is 0.600. The maximum absolute atomic E-state index is 12.2. The molecule has 0 radical (unpaired) electrons. The molecule has 1 aromatic rings. The largest absolute Gasteiger partial charge is 0.480 e. The maximum atomic E-state index is 12.2. The van der Waals surface area contributed by atoms with Gasteiger partial charge in [0, 0.05) is 19.3 Å². The summed E-state index contributed by atoms with van der Waals surface area (Å²) in [6.07, 6.45) is 4.10. The summed E-state index contributed by atoms with van der Waals surface area (Å²) in [4.78, 5) is 33.9. The molecule has 0 bridgehead atoms. The van der Waals surface area contributed by atoms with Gasteiger partial charge in [-0.1, -0.05) is 13.8 Å². The Bertz CT molecular complexity index is 541. The molecule has 120 valence electrons. The van der Waals surface area contributed by atoms with E-state index >= 15 is 0 Å². The van der Waals surface area contributed by atoms with E-state index in [9.17, 15) is 14.7 Å². The number of carbonyl (C=O) groups is 2. The number of carboxylic acid groups (broad SMARTS) is 1. The van der Waals surface area contributed by atoms with Crippen molar-refractivity contribution < 1.29 is 14.7 Å². The Balaban J connectivity index is 2.08. The molecule has 0 saturated carbocycles. The summed E-state index contributed by atoms with van der Waals surface area (Å²) in [6.45, 7) is 5.60. The predicted molar refractivity (Wildman–Crippen MR) is 81.8 cm³/mol. The number of carbonyl (C=O) groups excluding carboxylic acids is 1. The molecule has 0 aliphatic carbocycles. The van der Waals surface area contributed by atoms with E-state index in [-0.39, 0.29) is 11.6 Å². The molecule has 1 aromatic heterocycles. The number of hydrogen-bond acceptors (Lipinski definition) is 5. The van der Waals surface area contributed by atoms with Crippen molar-refractivity contribution in [3.8, 4) is 0 Å². The van der Waals surface area contributed by atoms with Crippen LogP contribution >= 0.6 is 0 Å². The molecule has 2 rings (SSSR count). The minimum absolute atomic E-state index is 0.173. The molecule has 1 amide bonds. The molecular weight excluding hydrogens is 284 g/mol. The number of hydrogen-bond donors (Lipinski definition) is 2. The first-order valence-corrected chi connectivity index (χ1v) is 7.59. The molecule has 1 saturated heterocycles. The lowest BCUT2D eigenvalue weighted by Gasteiger charge is -2.17. The van der Waals surface area contributed by atoms with Crippen molar-refractivity contribution in [1.29, 1.82) is 0 Å². The zero-order valence-electron chi connectivity index (χ0n) is 13.0. The molecule has 2 heterocycles. The second kappa shape index (κ2) is 7.20. The lowest BCUT2D eigenvalue weighted by Crippen LogP contribution is -2.42. The topological polar surface area (TPSA) is 95.4 Å². The van der Waals surface area contributed by atoms with Gasteiger partial charge in [-0.3, -0.25) is 4.79 Å². The van der Waals surface area contributed by atoms with Crippen molar-refractivity contribution in [3.63, 3.8) is 0 Å². The van der Waals surface area contributed by atoms with Crippen LogP contribution in [0.1, 0.15) is 43.6 Å². The van der Waals surface area contributed by atoms with Crippen LogP contribution in [-0.4, -0.2) is 46.1 Å². The van der Waals surface area contributed by atoms with Crippen LogP contribution in [0.4, 0.5) is 5.95 Å². The molecule has 7 nitrogen and oxygen atoms in total. The Labute approximate surface area is 129 Å². The van der Waals surface area contributed by atoms with E-state index in [1.54, 1.807) is 0 Å². The summed E-state index contributed by atoms with van der Waals surface area (Å²) in [5, 5.41) is 11.7. The number of nitrogens with zero attached hydrogens (tertiary/aromatic N) is 3. The average molecular weight is 306 g/mol. The van der Waals surface area contributed by atoms with Crippen LogP contribution in [0.3, 0.4) is 0 Å². The summed E-state index contributed by atoms with van der Waals surface area (Å²) in [7, 11) is 0. The highest BCUT2D eigenvalue weighted by Crippen LogP contribution is 2.15. The summed E-state index contributed by atoms with van der Waals surface area (Å²) >= 11 is 0. The van der Waals surface area contributed by atoms with E-state index in [0.717, 1.165) is 25.9 Å². The second-order valence-corrected chi connectivity index (χ2v) is 5.93. The van der Waals surface area contributed by atoms with Crippen molar-refractivity contribution in [2.45, 2.75) is 39.2 Å². The third kappa shape index (κ3) is 4.16. The number of anilines is 1. The average Bonchev–Trinajstić information content (AvgIpc) is 3.00. The van der Waals surface area contributed by atoms with Crippen molar-refractivity contribution in [2.24, 2.45) is 5.92 Å². The Hall–Kier alpha value is -2.18. The number of carboxylic acids is 1. The fourth-order valence-electron chi connectivity index (χ4n) is 2.47. The van der Waals surface area contributed by atoms with E-state index in [1.165, 1.54) is 12.3 Å². The smallest absolute Gasteiger partial charge is 0.326 e. The number of nitrogens with one attached hydrogen (secondary N) is 1. The molecule has 2 N–H and O–H groups in total. The first-order chi connectivity index (χ1) is 10.5. The van der Waals surface area contributed by atoms with E-state index in [1.807, 2.05) is 18.7 Å². The molecular formula is C15H22N4O3. The predicted octanol–water partition coefficient (Wildman–Crippen LogP) is 1.31. The maximum Gasteiger partial charge on any atom is 0.326 e. The molecule has 1 atom stereocenters. The molecule has 1 aliphatic rings. The highest BCUT2D eigenvalue weighted by Gasteiger charge is 2.23. The van der Waals surface area contributed by atoms with Crippen molar-refractivity contribution >= 4 is 17.8 Å². The van der Waals surface area contributed by atoms with Crippen molar-refractivity contribution in [1.82, 2.24) is 15.3 Å². The van der Waals surface area contributed by atoms with Crippen LogP contribution in [0.5, 0.6) is 0 Å². The third-order valence-electron chi connectivity index (χ3n) is 3.57. The minimum atomic E-state index is -1.03. The molecule has 0 aromatic carbocycles. The zero-order chi connectivity index (χ0) is 16.1. The van der Waals surface area contributed by atoms with Gasteiger partial charge in [-0.2, -0.15) is 0 Å². The van der Waals surface area contributed by atoms with Crippen molar-refractivity contribution in [2.75, 3.05) is 18.0 Å². The van der Waals surface area contributed by atoms with Crippen LogP contribution in [0.15, 0.2) is 12.3 Å². The molecule has 0 spiro atoms. The summed E-state index contributed by atoms with van der Waals surface area (Å²) < 4.78 is 0. The lowest BCUT2D eigenvalue weighted by molar-refractivity contribution is -0.139. The van der Waals surface area contributed by atoms with Gasteiger partial charge >= 0.3 is 5.97 Å². The van der Waals surface area contributed by atoms with E-state index in [0.29, 0.717) is 12.4 Å². The highest BCUT2D eigenvalue weighted by atomic mass is 16.4. The van der Waals surface area contributed by atoms with Gasteiger partial charge in [0.15, 0.2) is 0 Å². The van der Waals surface area contributed by atoms with Crippen LogP contribution in [0.2, 0.25) is 0 Å². The SMILES string of the molecule is CC(C)CC(NC(=O)c1ccnc(N2CCCC2)n1)C(=O)O. The Morgan fingerprint density at radius 3 is 2.64 bits per heavy atom. The molecule has 22 heavy (non-hydrogen) atoms. The number of aromatic nitrogens is 2. The normalized spacial score (nSPS) is 15.9. The second-order valence-electron chi connectivity index (χ2n) is 5.93. The van der Waals surface area contributed by atoms with Gasteiger partial charge in [-0.05, 0) is 31.2 Å². The Morgan fingerprint density at radius 2 is 2.05 bits per heavy atom. The number of rotatable bonds is 6. The van der Waals surface area contributed by atoms with Crippen LogP contribution in [-0.2, 0) is 4.79 Å². The first kappa shape index (κ1) is 16.2. The van der Waals surface area contributed by atoms with Gasteiger partial charge in [0.2, 0.25) is 5.95 Å². The standard InChI is InChI=1S/C15H22N4O3/c1-10(2)9-12(14(21)22)17-13(20)11-5-6-16-15(18-11)19-7-3-4-8-19/h5-6,10,12H,3-4,7-9H2,1-2H3,(H,17,20)(H,21,22). The van der Waals surface area contributed by atoms with Gasteiger partial charge < -0.3 is 15.3 Å². The monoisotopic (exact) mass is 306 g/mol. The van der Waals surface area contributed by atoms with Crippen molar-refractivity contribution in [3.05, 3.63) is 18.0 Å².